The van der Waals surface area contributed by atoms with Crippen molar-refractivity contribution in [1.29, 1.82) is 0 Å². The van der Waals surface area contributed by atoms with Crippen molar-refractivity contribution in [2.45, 2.75) is 39.0 Å². The van der Waals surface area contributed by atoms with Gasteiger partial charge in [0.15, 0.2) is 0 Å². The number of rotatable bonds is 3. The Kier molecular flexibility index (Phi) is 3.47. The number of thiophene rings is 1. The molecule has 3 heteroatoms. The summed E-state index contributed by atoms with van der Waals surface area (Å²) in [5.41, 5.74) is 11.5. The fourth-order valence-corrected chi connectivity index (χ4v) is 4.18. The maximum absolute atomic E-state index is 6.30. The first-order chi connectivity index (χ1) is 9.61. The maximum Gasteiger partial charge on any atom is 0.126 e. The second-order valence-electron chi connectivity index (χ2n) is 5.71. The molecule has 0 radical (unpaired) electrons. The molecule has 2 N–H and O–H groups in total. The van der Waals surface area contributed by atoms with Crippen molar-refractivity contribution in [2.24, 2.45) is 0 Å². The molecule has 20 heavy (non-hydrogen) atoms. The van der Waals surface area contributed by atoms with E-state index < -0.39 is 0 Å². The van der Waals surface area contributed by atoms with E-state index in [-0.39, 0.29) is 0 Å². The van der Waals surface area contributed by atoms with Crippen LogP contribution < -0.4 is 10.5 Å². The van der Waals surface area contributed by atoms with Crippen LogP contribution in [0, 0.1) is 0 Å². The highest BCUT2D eigenvalue weighted by atomic mass is 32.1. The Hall–Kier alpha value is -1.48. The molecular weight excluding hydrogens is 266 g/mol. The predicted molar refractivity (Wildman–Crippen MR) is 86.8 cm³/mol. The van der Waals surface area contributed by atoms with Gasteiger partial charge in [-0.3, -0.25) is 0 Å². The lowest BCUT2D eigenvalue weighted by molar-refractivity contribution is 0.416. The number of ether oxygens (including phenoxy) is 1. The summed E-state index contributed by atoms with van der Waals surface area (Å²) in [6.45, 7) is 4.43. The van der Waals surface area contributed by atoms with Gasteiger partial charge in [-0.1, -0.05) is 19.9 Å². The minimum absolute atomic E-state index is 0.507. The molecule has 106 valence electrons. The number of hydrogen-bond donors (Lipinski definition) is 1. The van der Waals surface area contributed by atoms with Crippen molar-refractivity contribution in [3.63, 3.8) is 0 Å². The summed E-state index contributed by atoms with van der Waals surface area (Å²) >= 11 is 1.75. The van der Waals surface area contributed by atoms with Gasteiger partial charge in [-0.2, -0.15) is 0 Å². The minimum atomic E-state index is 0.507. The number of benzene rings is 1. The van der Waals surface area contributed by atoms with Gasteiger partial charge in [0.1, 0.15) is 5.75 Å². The molecule has 0 aliphatic heterocycles. The van der Waals surface area contributed by atoms with Crippen LogP contribution in [0.25, 0.3) is 11.1 Å². The number of nitrogens with two attached hydrogens (primary N) is 1. The third-order valence-corrected chi connectivity index (χ3v) is 5.23. The Morgan fingerprint density at radius 1 is 1.25 bits per heavy atom. The monoisotopic (exact) mass is 287 g/mol. The van der Waals surface area contributed by atoms with Crippen LogP contribution in [0.1, 0.15) is 42.2 Å². The molecule has 0 saturated heterocycles. The maximum atomic E-state index is 6.30. The van der Waals surface area contributed by atoms with Crippen LogP contribution in [0.5, 0.6) is 5.75 Å². The summed E-state index contributed by atoms with van der Waals surface area (Å²) in [7, 11) is 1.73. The molecule has 1 aliphatic rings. The molecule has 0 atom stereocenters. The van der Waals surface area contributed by atoms with Gasteiger partial charge in [0.05, 0.1) is 12.1 Å². The average Bonchev–Trinajstić information content (AvgIpc) is 2.97. The number of nitrogen functional groups attached to an aromatic ring is 1. The fourth-order valence-electron chi connectivity index (χ4n) is 3.00. The third-order valence-electron chi connectivity index (χ3n) is 4.11. The van der Waals surface area contributed by atoms with E-state index in [2.05, 4.69) is 32.0 Å². The second kappa shape index (κ2) is 5.13. The Labute approximate surface area is 124 Å². The molecule has 2 aromatic rings. The van der Waals surface area contributed by atoms with Gasteiger partial charge >= 0.3 is 0 Å². The predicted octanol–water partition coefficient (Wildman–Crippen LogP) is 4.62. The average molecular weight is 287 g/mol. The topological polar surface area (TPSA) is 35.2 Å². The van der Waals surface area contributed by atoms with Gasteiger partial charge < -0.3 is 10.5 Å². The first-order valence-corrected chi connectivity index (χ1v) is 8.01. The van der Waals surface area contributed by atoms with Gasteiger partial charge in [-0.15, -0.1) is 11.3 Å². The summed E-state index contributed by atoms with van der Waals surface area (Å²) in [6, 6.07) is 6.47. The van der Waals surface area contributed by atoms with Gasteiger partial charge in [-0.25, -0.2) is 0 Å². The van der Waals surface area contributed by atoms with Crippen molar-refractivity contribution in [3.05, 3.63) is 34.2 Å². The summed E-state index contributed by atoms with van der Waals surface area (Å²) in [4.78, 5) is 1.47. The van der Waals surface area contributed by atoms with Crippen LogP contribution in [0.15, 0.2) is 18.2 Å². The van der Waals surface area contributed by atoms with E-state index in [1.165, 1.54) is 34.4 Å². The molecule has 1 heterocycles. The van der Waals surface area contributed by atoms with Crippen LogP contribution in [0.2, 0.25) is 0 Å². The molecular formula is C17H21NOS. The molecule has 0 fully saturated rings. The van der Waals surface area contributed by atoms with E-state index >= 15 is 0 Å². The van der Waals surface area contributed by atoms with E-state index in [9.17, 15) is 0 Å². The van der Waals surface area contributed by atoms with E-state index in [4.69, 9.17) is 10.5 Å². The zero-order chi connectivity index (χ0) is 14.3. The SMILES string of the molecule is COc1ccc(C(C)C)cc1-c1c(N)sc2c1CCC2. The number of methoxy groups -OCH3 is 1. The van der Waals surface area contributed by atoms with Crippen LogP contribution in [-0.2, 0) is 12.8 Å². The van der Waals surface area contributed by atoms with E-state index in [1.54, 1.807) is 18.4 Å². The number of aryl methyl sites for hydroxylation is 1. The van der Waals surface area contributed by atoms with Crippen molar-refractivity contribution in [1.82, 2.24) is 0 Å². The van der Waals surface area contributed by atoms with Crippen LogP contribution in [0.4, 0.5) is 5.00 Å². The van der Waals surface area contributed by atoms with Crippen LogP contribution in [-0.4, -0.2) is 7.11 Å². The molecule has 0 amide bonds. The van der Waals surface area contributed by atoms with Crippen molar-refractivity contribution < 1.29 is 4.74 Å². The Bertz CT molecular complexity index is 643. The van der Waals surface area contributed by atoms with E-state index in [0.29, 0.717) is 5.92 Å². The molecule has 1 aromatic carbocycles. The van der Waals surface area contributed by atoms with Gasteiger partial charge in [0, 0.05) is 16.0 Å². The Balaban J connectivity index is 2.20. The summed E-state index contributed by atoms with van der Waals surface area (Å²) in [6.07, 6.45) is 3.57. The number of anilines is 1. The highest BCUT2D eigenvalue weighted by Gasteiger charge is 2.24. The van der Waals surface area contributed by atoms with E-state index in [1.807, 2.05) is 0 Å². The molecule has 2 nitrogen and oxygen atoms in total. The van der Waals surface area contributed by atoms with E-state index in [0.717, 1.165) is 22.7 Å². The zero-order valence-corrected chi connectivity index (χ0v) is 13.1. The number of hydrogen-bond acceptors (Lipinski definition) is 3. The molecule has 0 spiro atoms. The highest BCUT2D eigenvalue weighted by molar-refractivity contribution is 7.16. The largest absolute Gasteiger partial charge is 0.496 e. The standard InChI is InChI=1S/C17H21NOS/c1-10(2)11-7-8-14(19-3)13(9-11)16-12-5-4-6-15(12)20-17(16)18/h7-10H,4-6,18H2,1-3H3. The molecule has 1 aliphatic carbocycles. The zero-order valence-electron chi connectivity index (χ0n) is 12.3. The highest BCUT2D eigenvalue weighted by Crippen LogP contribution is 2.46. The molecule has 0 unspecified atom stereocenters. The van der Waals surface area contributed by atoms with Gasteiger partial charge in [0.2, 0.25) is 0 Å². The first kappa shape index (κ1) is 13.5. The second-order valence-corrected chi connectivity index (χ2v) is 6.85. The molecule has 1 aromatic heterocycles. The minimum Gasteiger partial charge on any atom is -0.496 e. The van der Waals surface area contributed by atoms with Crippen molar-refractivity contribution >= 4 is 16.3 Å². The lowest BCUT2D eigenvalue weighted by Crippen LogP contribution is -1.95. The Morgan fingerprint density at radius 2 is 2.05 bits per heavy atom. The summed E-state index contributed by atoms with van der Waals surface area (Å²) in [5, 5.41) is 0.939. The molecule has 0 saturated carbocycles. The lowest BCUT2D eigenvalue weighted by atomic mass is 9.95. The van der Waals surface area contributed by atoms with Crippen LogP contribution in [0.3, 0.4) is 0 Å². The van der Waals surface area contributed by atoms with Gasteiger partial charge in [0.25, 0.3) is 0 Å². The number of fused-ring (bicyclic) bond motifs is 1. The smallest absolute Gasteiger partial charge is 0.126 e. The fraction of sp³-hybridized carbons (Fsp3) is 0.412. The Morgan fingerprint density at radius 3 is 2.75 bits per heavy atom. The third kappa shape index (κ3) is 2.10. The molecule has 3 rings (SSSR count). The molecule has 0 bridgehead atoms. The van der Waals surface area contributed by atoms with Crippen molar-refractivity contribution in [3.8, 4) is 16.9 Å². The normalized spacial score (nSPS) is 13.8. The lowest BCUT2D eigenvalue weighted by Gasteiger charge is -2.14. The van der Waals surface area contributed by atoms with Gasteiger partial charge in [-0.05, 0) is 48.4 Å². The summed E-state index contributed by atoms with van der Waals surface area (Å²) < 4.78 is 5.57. The summed E-state index contributed by atoms with van der Waals surface area (Å²) in [5.74, 6) is 1.43. The first-order valence-electron chi connectivity index (χ1n) is 7.20. The quantitative estimate of drug-likeness (QED) is 0.894. The van der Waals surface area contributed by atoms with Crippen LogP contribution >= 0.6 is 11.3 Å². The van der Waals surface area contributed by atoms with Crippen molar-refractivity contribution in [2.75, 3.05) is 12.8 Å².